The highest BCUT2D eigenvalue weighted by atomic mass is 14.9. The lowest BCUT2D eigenvalue weighted by Crippen LogP contribution is -1.92. The van der Waals surface area contributed by atoms with E-state index in [1.807, 2.05) is 32.9 Å². The normalized spacial score (nSPS) is 9.19. The zero-order valence-electron chi connectivity index (χ0n) is 10.2. The molecule has 0 aliphatic carbocycles. The first-order valence-corrected chi connectivity index (χ1v) is 5.67. The maximum atomic E-state index is 3.82. The number of hydrogen-bond donors (Lipinski definition) is 1. The highest BCUT2D eigenvalue weighted by Crippen LogP contribution is 2.19. The van der Waals surface area contributed by atoms with E-state index in [0.717, 1.165) is 11.4 Å². The molecule has 0 aromatic heterocycles. The van der Waals surface area contributed by atoms with Gasteiger partial charge < -0.3 is 5.32 Å². The van der Waals surface area contributed by atoms with E-state index in [1.165, 1.54) is 10.8 Å². The molecule has 1 nitrogen and oxygen atoms in total. The van der Waals surface area contributed by atoms with Crippen molar-refractivity contribution in [1.82, 2.24) is 0 Å². The molecule has 0 saturated carbocycles. The molecule has 1 heteroatoms. The summed E-state index contributed by atoms with van der Waals surface area (Å²) in [6.45, 7) is 9.77. The molecule has 0 aliphatic rings. The third kappa shape index (κ3) is 3.13. The van der Waals surface area contributed by atoms with Gasteiger partial charge in [0.15, 0.2) is 0 Å². The number of allylic oxidation sites excluding steroid dienone is 1. The van der Waals surface area contributed by atoms with Crippen LogP contribution in [0.25, 0.3) is 10.8 Å². The standard InChI is InChI=1S/C13H13N.C2H6/c1-10(2)14-13-8-7-11-5-3-4-6-12(11)9-13;1-2/h3-9,14H,1H2,2H3;1-2H3. The number of anilines is 1. The molecule has 0 unspecified atom stereocenters. The van der Waals surface area contributed by atoms with Gasteiger partial charge in [-0.1, -0.05) is 50.8 Å². The van der Waals surface area contributed by atoms with Crippen molar-refractivity contribution in [2.75, 3.05) is 5.32 Å². The Morgan fingerprint density at radius 1 is 1.00 bits per heavy atom. The van der Waals surface area contributed by atoms with Crippen LogP contribution in [0.4, 0.5) is 5.69 Å². The quantitative estimate of drug-likeness (QED) is 0.754. The van der Waals surface area contributed by atoms with Crippen LogP contribution in [0.2, 0.25) is 0 Å². The lowest BCUT2D eigenvalue weighted by Gasteiger charge is -2.06. The maximum absolute atomic E-state index is 3.82. The molecule has 0 fully saturated rings. The van der Waals surface area contributed by atoms with E-state index in [-0.39, 0.29) is 0 Å². The molecule has 2 aromatic rings. The molecule has 2 rings (SSSR count). The number of hydrogen-bond acceptors (Lipinski definition) is 1. The summed E-state index contributed by atoms with van der Waals surface area (Å²) < 4.78 is 0. The van der Waals surface area contributed by atoms with Gasteiger partial charge in [0.1, 0.15) is 0 Å². The Kier molecular flexibility index (Phi) is 4.59. The molecule has 0 heterocycles. The Morgan fingerprint density at radius 3 is 2.25 bits per heavy atom. The summed E-state index contributed by atoms with van der Waals surface area (Å²) in [5.74, 6) is 0. The van der Waals surface area contributed by atoms with Crippen LogP contribution in [0.3, 0.4) is 0 Å². The van der Waals surface area contributed by atoms with E-state index in [1.54, 1.807) is 0 Å². The fourth-order valence-corrected chi connectivity index (χ4v) is 1.51. The van der Waals surface area contributed by atoms with Crippen molar-refractivity contribution in [3.63, 3.8) is 0 Å². The summed E-state index contributed by atoms with van der Waals surface area (Å²) in [6.07, 6.45) is 0. The Balaban J connectivity index is 0.000000606. The lowest BCUT2D eigenvalue weighted by molar-refractivity contribution is 1.40. The summed E-state index contributed by atoms with van der Waals surface area (Å²) in [6, 6.07) is 14.6. The topological polar surface area (TPSA) is 12.0 Å². The summed E-state index contributed by atoms with van der Waals surface area (Å²) >= 11 is 0. The molecule has 2 aromatic carbocycles. The van der Waals surface area contributed by atoms with Crippen molar-refractivity contribution in [3.05, 3.63) is 54.7 Å². The van der Waals surface area contributed by atoms with Gasteiger partial charge in [-0.25, -0.2) is 0 Å². The van der Waals surface area contributed by atoms with Crippen molar-refractivity contribution in [3.8, 4) is 0 Å². The van der Waals surface area contributed by atoms with Crippen LogP contribution in [0.1, 0.15) is 20.8 Å². The Bertz CT molecular complexity index is 472. The number of rotatable bonds is 2. The van der Waals surface area contributed by atoms with Crippen molar-refractivity contribution in [2.24, 2.45) is 0 Å². The van der Waals surface area contributed by atoms with E-state index in [9.17, 15) is 0 Å². The fourth-order valence-electron chi connectivity index (χ4n) is 1.51. The van der Waals surface area contributed by atoms with E-state index in [4.69, 9.17) is 0 Å². The third-order valence-corrected chi connectivity index (χ3v) is 2.11. The Morgan fingerprint density at radius 2 is 1.62 bits per heavy atom. The minimum atomic E-state index is 0.959. The monoisotopic (exact) mass is 213 g/mol. The van der Waals surface area contributed by atoms with Crippen LogP contribution in [-0.4, -0.2) is 0 Å². The predicted molar refractivity (Wildman–Crippen MR) is 73.7 cm³/mol. The molecule has 84 valence electrons. The van der Waals surface area contributed by atoms with Gasteiger partial charge in [0.25, 0.3) is 0 Å². The van der Waals surface area contributed by atoms with E-state index in [0.29, 0.717) is 0 Å². The molecule has 0 radical (unpaired) electrons. The van der Waals surface area contributed by atoms with Crippen molar-refractivity contribution < 1.29 is 0 Å². The second-order valence-corrected chi connectivity index (χ2v) is 3.47. The summed E-state index contributed by atoms with van der Waals surface area (Å²) in [7, 11) is 0. The minimum absolute atomic E-state index is 0.959. The molecule has 0 saturated heterocycles. The predicted octanol–water partition coefficient (Wildman–Crippen LogP) is 4.81. The Hall–Kier alpha value is -1.76. The van der Waals surface area contributed by atoms with Gasteiger partial charge in [0.2, 0.25) is 0 Å². The molecule has 16 heavy (non-hydrogen) atoms. The molecular formula is C15H19N. The molecule has 0 atom stereocenters. The van der Waals surface area contributed by atoms with Gasteiger partial charge >= 0.3 is 0 Å². The first kappa shape index (κ1) is 12.3. The van der Waals surface area contributed by atoms with Crippen LogP contribution in [0.15, 0.2) is 54.7 Å². The van der Waals surface area contributed by atoms with Gasteiger partial charge in [-0.05, 0) is 29.8 Å². The molecule has 1 N–H and O–H groups in total. The summed E-state index contributed by atoms with van der Waals surface area (Å²) in [5.41, 5.74) is 2.05. The second-order valence-electron chi connectivity index (χ2n) is 3.47. The van der Waals surface area contributed by atoms with Crippen LogP contribution in [0.5, 0.6) is 0 Å². The smallest absolute Gasteiger partial charge is 0.0387 e. The average molecular weight is 213 g/mol. The molecular weight excluding hydrogens is 194 g/mol. The zero-order chi connectivity index (χ0) is 12.0. The number of nitrogens with one attached hydrogen (secondary N) is 1. The second kappa shape index (κ2) is 5.96. The first-order chi connectivity index (χ1) is 7.75. The minimum Gasteiger partial charge on any atom is -0.360 e. The summed E-state index contributed by atoms with van der Waals surface area (Å²) in [4.78, 5) is 0. The van der Waals surface area contributed by atoms with Gasteiger partial charge in [0, 0.05) is 11.4 Å². The number of benzene rings is 2. The van der Waals surface area contributed by atoms with Gasteiger partial charge in [-0.15, -0.1) is 0 Å². The molecule has 0 aliphatic heterocycles. The third-order valence-electron chi connectivity index (χ3n) is 2.11. The summed E-state index contributed by atoms with van der Waals surface area (Å²) in [5, 5.41) is 5.71. The molecule has 0 bridgehead atoms. The lowest BCUT2D eigenvalue weighted by atomic mass is 10.1. The van der Waals surface area contributed by atoms with E-state index in [2.05, 4.69) is 42.2 Å². The van der Waals surface area contributed by atoms with Gasteiger partial charge in [0.05, 0.1) is 0 Å². The Labute approximate surface area is 97.8 Å². The van der Waals surface area contributed by atoms with Crippen molar-refractivity contribution in [2.45, 2.75) is 20.8 Å². The molecule has 0 amide bonds. The van der Waals surface area contributed by atoms with E-state index < -0.39 is 0 Å². The van der Waals surface area contributed by atoms with Crippen molar-refractivity contribution >= 4 is 16.5 Å². The largest absolute Gasteiger partial charge is 0.360 e. The fraction of sp³-hybridized carbons (Fsp3) is 0.200. The molecule has 0 spiro atoms. The highest BCUT2D eigenvalue weighted by molar-refractivity contribution is 5.85. The van der Waals surface area contributed by atoms with Crippen LogP contribution < -0.4 is 5.32 Å². The SMILES string of the molecule is C=C(C)Nc1ccc2ccccc2c1.CC. The van der Waals surface area contributed by atoms with E-state index >= 15 is 0 Å². The first-order valence-electron chi connectivity index (χ1n) is 5.67. The van der Waals surface area contributed by atoms with Crippen LogP contribution >= 0.6 is 0 Å². The van der Waals surface area contributed by atoms with Crippen LogP contribution in [0, 0.1) is 0 Å². The maximum Gasteiger partial charge on any atom is 0.0387 e. The highest BCUT2D eigenvalue weighted by Gasteiger charge is 1.94. The average Bonchev–Trinajstić information content (AvgIpc) is 2.31. The van der Waals surface area contributed by atoms with Crippen molar-refractivity contribution in [1.29, 1.82) is 0 Å². The van der Waals surface area contributed by atoms with Crippen LogP contribution in [-0.2, 0) is 0 Å². The number of fused-ring (bicyclic) bond motifs is 1. The van der Waals surface area contributed by atoms with Gasteiger partial charge in [-0.3, -0.25) is 0 Å². The van der Waals surface area contributed by atoms with Gasteiger partial charge in [-0.2, -0.15) is 0 Å². The zero-order valence-corrected chi connectivity index (χ0v) is 10.2.